The minimum atomic E-state index is -3.79. The summed E-state index contributed by atoms with van der Waals surface area (Å²) in [5, 5.41) is 34.0. The Morgan fingerprint density at radius 2 is 2.03 bits per heavy atom. The average Bonchev–Trinajstić information content (AvgIpc) is 2.88. The first-order valence-electron chi connectivity index (χ1n) is 9.59. The minimum absolute atomic E-state index is 0.0648. The molecule has 0 spiro atoms. The van der Waals surface area contributed by atoms with Gasteiger partial charge < -0.3 is 40.3 Å². The molecule has 0 radical (unpaired) electrons. The van der Waals surface area contributed by atoms with Crippen molar-refractivity contribution in [1.82, 2.24) is 15.5 Å². The average molecular weight is 450 g/mol. The molecule has 0 saturated carbocycles. The van der Waals surface area contributed by atoms with Crippen LogP contribution in [0.5, 0.6) is 0 Å². The molecule has 31 heavy (non-hydrogen) atoms. The molecule has 2 rings (SSSR count). The van der Waals surface area contributed by atoms with Gasteiger partial charge in [0.25, 0.3) is 5.91 Å². The van der Waals surface area contributed by atoms with Gasteiger partial charge in [0, 0.05) is 18.3 Å². The van der Waals surface area contributed by atoms with Crippen molar-refractivity contribution in [2.45, 2.75) is 63.4 Å². The van der Waals surface area contributed by atoms with Crippen molar-refractivity contribution >= 4 is 17.7 Å². The first kappa shape index (κ1) is 25.1. The number of nitrogens with zero attached hydrogens (tertiary/aromatic N) is 2. The number of amidine groups is 1. The highest BCUT2D eigenvalue weighted by atomic mass is 19.3. The maximum atomic E-state index is 14.2. The molecule has 0 aromatic carbocycles. The Labute approximate surface area is 177 Å². The van der Waals surface area contributed by atoms with Gasteiger partial charge >= 0.3 is 11.9 Å². The van der Waals surface area contributed by atoms with Crippen molar-refractivity contribution < 1.29 is 43.2 Å². The highest BCUT2D eigenvalue weighted by molar-refractivity contribution is 6.05. The molecule has 13 heteroatoms. The number of hydrogen-bond donors (Lipinski definition) is 5. The Balaban J connectivity index is 1.83. The van der Waals surface area contributed by atoms with Gasteiger partial charge in [0.1, 0.15) is 11.9 Å². The van der Waals surface area contributed by atoms with Gasteiger partial charge in [0.2, 0.25) is 12.6 Å². The zero-order chi connectivity index (χ0) is 23.4. The number of nitrogens with one attached hydrogen (secondary N) is 2. The van der Waals surface area contributed by atoms with E-state index in [-0.39, 0.29) is 17.8 Å². The summed E-state index contributed by atoms with van der Waals surface area (Å²) >= 11 is 0. The zero-order valence-corrected chi connectivity index (χ0v) is 17.4. The number of carbonyl (C=O) groups is 2. The molecule has 1 unspecified atom stereocenters. The third kappa shape index (κ3) is 6.64. The fourth-order valence-electron chi connectivity index (χ4n) is 2.81. The van der Waals surface area contributed by atoms with Crippen molar-refractivity contribution in [3.8, 4) is 0 Å². The molecule has 5 N–H and O–H groups in total. The lowest BCUT2D eigenvalue weighted by atomic mass is 10.1. The number of aliphatic hydroxyl groups is 3. The predicted octanol–water partition coefficient (Wildman–Crippen LogP) is -1.36. The maximum Gasteiger partial charge on any atom is 0.319 e. The molecule has 176 valence electrons. The highest BCUT2D eigenvalue weighted by Crippen LogP contribution is 2.39. The van der Waals surface area contributed by atoms with Crippen molar-refractivity contribution in [2.24, 2.45) is 4.99 Å². The fraction of sp³-hybridized carbons (Fsp3) is 0.722. The van der Waals surface area contributed by atoms with Gasteiger partial charge in [-0.1, -0.05) is 0 Å². The van der Waals surface area contributed by atoms with E-state index in [9.17, 15) is 28.6 Å². The molecule has 2 aliphatic rings. The molecule has 1 amide bonds. The van der Waals surface area contributed by atoms with Crippen LogP contribution in [0.3, 0.4) is 0 Å². The quantitative estimate of drug-likeness (QED) is 0.296. The highest BCUT2D eigenvalue weighted by Gasteiger charge is 2.61. The van der Waals surface area contributed by atoms with Gasteiger partial charge in [-0.05, 0) is 26.8 Å². The lowest BCUT2D eigenvalue weighted by Gasteiger charge is -2.34. The third-order valence-corrected chi connectivity index (χ3v) is 4.37. The van der Waals surface area contributed by atoms with E-state index in [1.165, 1.54) is 0 Å². The Bertz CT molecular complexity index is 726. The Hall–Kier alpha value is -2.19. The molecule has 1 fully saturated rings. The number of aliphatic imine (C=N–C) groups is 1. The van der Waals surface area contributed by atoms with Crippen LogP contribution in [0.1, 0.15) is 27.2 Å². The number of amides is 1. The van der Waals surface area contributed by atoms with E-state index in [1.807, 2.05) is 20.8 Å². The summed E-state index contributed by atoms with van der Waals surface area (Å²) in [6.07, 6.45) is -5.53. The van der Waals surface area contributed by atoms with Gasteiger partial charge in [-0.15, -0.1) is 0 Å². The number of ether oxygens (including phenoxy) is 2. The number of rotatable bonds is 7. The van der Waals surface area contributed by atoms with Crippen LogP contribution in [-0.4, -0.2) is 93.9 Å². The topological polar surface area (TPSA) is 153 Å². The molecular weight excluding hydrogens is 422 g/mol. The van der Waals surface area contributed by atoms with Gasteiger partial charge in [-0.2, -0.15) is 8.78 Å². The maximum absolute atomic E-state index is 14.2. The van der Waals surface area contributed by atoms with Crippen LogP contribution < -0.4 is 10.6 Å². The monoisotopic (exact) mass is 450 g/mol. The number of carbonyl (C=O) groups excluding carboxylic acids is 2. The van der Waals surface area contributed by atoms with E-state index in [2.05, 4.69) is 15.6 Å². The summed E-state index contributed by atoms with van der Waals surface area (Å²) in [6, 6.07) is 0. The fourth-order valence-corrected chi connectivity index (χ4v) is 2.81. The third-order valence-electron chi connectivity index (χ3n) is 4.37. The molecule has 1 saturated heterocycles. The lowest BCUT2D eigenvalue weighted by Crippen LogP contribution is -2.52. The molecular formula is C18H28F2N4O7. The number of alkyl halides is 2. The number of halogens is 2. The van der Waals surface area contributed by atoms with Gasteiger partial charge in [-0.25, -0.2) is 4.99 Å². The largest absolute Gasteiger partial charge is 0.456 e. The smallest absolute Gasteiger partial charge is 0.319 e. The van der Waals surface area contributed by atoms with Crippen molar-refractivity contribution in [3.05, 3.63) is 12.3 Å². The van der Waals surface area contributed by atoms with Crippen LogP contribution in [-0.2, 0) is 19.1 Å². The van der Waals surface area contributed by atoms with E-state index in [0.717, 1.165) is 12.3 Å². The van der Waals surface area contributed by atoms with Crippen LogP contribution in [0, 0.1) is 0 Å². The minimum Gasteiger partial charge on any atom is -0.456 e. The lowest BCUT2D eigenvalue weighted by molar-refractivity contribution is -0.186. The summed E-state index contributed by atoms with van der Waals surface area (Å²) < 4.78 is 38.1. The summed E-state index contributed by atoms with van der Waals surface area (Å²) in [5.41, 5.74) is -0.164. The van der Waals surface area contributed by atoms with Crippen LogP contribution in [0.4, 0.5) is 8.78 Å². The van der Waals surface area contributed by atoms with Gasteiger partial charge in [-0.3, -0.25) is 9.59 Å². The van der Waals surface area contributed by atoms with Crippen LogP contribution >= 0.6 is 0 Å². The van der Waals surface area contributed by atoms with Gasteiger partial charge in [0.05, 0.1) is 13.0 Å². The van der Waals surface area contributed by atoms with Crippen LogP contribution in [0.2, 0.25) is 0 Å². The molecule has 0 bridgehead atoms. The van der Waals surface area contributed by atoms with Crippen molar-refractivity contribution in [2.75, 3.05) is 19.8 Å². The van der Waals surface area contributed by atoms with Crippen molar-refractivity contribution in [3.63, 3.8) is 0 Å². The van der Waals surface area contributed by atoms with Crippen LogP contribution in [0.15, 0.2) is 17.3 Å². The summed E-state index contributed by atoms with van der Waals surface area (Å²) in [7, 11) is 0. The molecule has 11 nitrogen and oxygen atoms in total. The van der Waals surface area contributed by atoms with E-state index >= 15 is 0 Å². The first-order chi connectivity index (χ1) is 14.3. The van der Waals surface area contributed by atoms with E-state index in [4.69, 9.17) is 14.6 Å². The SMILES string of the molecule is CC(C)(C)NCCC(=O)OCC(=O)NC1=NC(O)N([C@@H]2O[C@H](CO)[C@@H](O)C2(F)F)C=C1. The number of hydrogen-bond acceptors (Lipinski definition) is 10. The molecule has 2 heterocycles. The second kappa shape index (κ2) is 9.96. The molecule has 4 atom stereocenters. The first-order valence-corrected chi connectivity index (χ1v) is 9.59. The predicted molar refractivity (Wildman–Crippen MR) is 103 cm³/mol. The zero-order valence-electron chi connectivity index (χ0n) is 17.4. The Kier molecular flexibility index (Phi) is 8.05. The molecule has 0 aromatic rings. The normalized spacial score (nSPS) is 27.7. The Morgan fingerprint density at radius 3 is 2.58 bits per heavy atom. The molecule has 0 aromatic heterocycles. The summed E-state index contributed by atoms with van der Waals surface area (Å²) in [6.45, 7) is 4.76. The number of esters is 1. The van der Waals surface area contributed by atoms with E-state index in [1.54, 1.807) is 0 Å². The van der Waals surface area contributed by atoms with Crippen molar-refractivity contribution in [1.29, 1.82) is 0 Å². The summed E-state index contributed by atoms with van der Waals surface area (Å²) in [4.78, 5) is 27.9. The van der Waals surface area contributed by atoms with Crippen LogP contribution in [0.25, 0.3) is 0 Å². The molecule has 0 aliphatic carbocycles. The Morgan fingerprint density at radius 1 is 1.35 bits per heavy atom. The van der Waals surface area contributed by atoms with E-state index < -0.39 is 55.8 Å². The molecule has 2 aliphatic heterocycles. The van der Waals surface area contributed by atoms with Gasteiger partial charge in [0.15, 0.2) is 12.7 Å². The number of aliphatic hydroxyl groups excluding tert-OH is 3. The standard InChI is InChI=1S/C18H28F2N4O7/c1-17(2,3)21-6-4-13(27)30-9-12(26)22-11-5-7-24(16(29)23-11)15-18(19,20)14(28)10(8-25)31-15/h5,7,10,14-16,21,25,28-29H,4,6,8-9H2,1-3H3,(H,22,23,26)/t10-,14-,15-,16?/m1/s1. The second-order valence-corrected chi connectivity index (χ2v) is 8.09. The summed E-state index contributed by atoms with van der Waals surface area (Å²) in [5.74, 6) is -5.26. The second-order valence-electron chi connectivity index (χ2n) is 8.09. The van der Waals surface area contributed by atoms with E-state index in [0.29, 0.717) is 11.4 Å².